The van der Waals surface area contributed by atoms with E-state index in [1.54, 1.807) is 0 Å². The number of benzene rings is 1. The van der Waals surface area contributed by atoms with Crippen molar-refractivity contribution < 1.29 is 18.4 Å². The Balaban J connectivity index is 3.15. The second-order valence-electron chi connectivity index (χ2n) is 2.90. The molecule has 1 N–H and O–H groups in total. The van der Waals surface area contributed by atoms with Crippen LogP contribution in [0.25, 0.3) is 0 Å². The summed E-state index contributed by atoms with van der Waals surface area (Å²) in [7, 11) is -3.79. The summed E-state index contributed by atoms with van der Waals surface area (Å²) in [5.41, 5.74) is -1.72. The Bertz CT molecular complexity index is 462. The first kappa shape index (κ1) is 11.6. The van der Waals surface area contributed by atoms with Gasteiger partial charge in [0.2, 0.25) is 9.84 Å². The highest BCUT2D eigenvalue weighted by atomic mass is 32.2. The number of sulfone groups is 1. The minimum atomic E-state index is -3.79. The molecular formula is C8H9NO5S. The number of nitrogens with zero attached hydrogens (tertiary/aromatic N) is 1. The zero-order valence-electron chi connectivity index (χ0n) is 7.82. The average molecular weight is 231 g/mol. The Hall–Kier alpha value is -1.47. The van der Waals surface area contributed by atoms with Crippen molar-refractivity contribution in [2.75, 3.05) is 0 Å². The summed E-state index contributed by atoms with van der Waals surface area (Å²) < 4.78 is 22.8. The molecule has 1 aromatic rings. The molecule has 0 bridgehead atoms. The predicted molar refractivity (Wildman–Crippen MR) is 52.0 cm³/mol. The second-order valence-corrected chi connectivity index (χ2v) is 5.14. The highest BCUT2D eigenvalue weighted by Gasteiger charge is 2.21. The lowest BCUT2D eigenvalue weighted by atomic mass is 10.3. The average Bonchev–Trinajstić information content (AvgIpc) is 2.17. The molecule has 0 saturated heterocycles. The van der Waals surface area contributed by atoms with Crippen LogP contribution in [0, 0.1) is 10.1 Å². The van der Waals surface area contributed by atoms with Crippen molar-refractivity contribution in [1.29, 1.82) is 0 Å². The van der Waals surface area contributed by atoms with E-state index in [2.05, 4.69) is 0 Å². The van der Waals surface area contributed by atoms with Gasteiger partial charge in [-0.1, -0.05) is 0 Å². The van der Waals surface area contributed by atoms with Crippen LogP contribution in [0.2, 0.25) is 0 Å². The summed E-state index contributed by atoms with van der Waals surface area (Å²) in [6.07, 6.45) is 0. The highest BCUT2D eigenvalue weighted by molar-refractivity contribution is 7.91. The first-order valence-electron chi connectivity index (χ1n) is 4.02. The first-order valence-corrected chi connectivity index (χ1v) is 5.57. The van der Waals surface area contributed by atoms with E-state index in [-0.39, 0.29) is 10.6 Å². The summed E-state index contributed by atoms with van der Waals surface area (Å²) in [5, 5.41) is 19.3. The third-order valence-electron chi connectivity index (χ3n) is 1.83. The normalized spacial score (nSPS) is 13.5. The van der Waals surface area contributed by atoms with Crippen LogP contribution < -0.4 is 0 Å². The molecule has 1 atom stereocenters. The number of non-ortho nitro benzene ring substituents is 1. The Morgan fingerprint density at radius 1 is 1.33 bits per heavy atom. The zero-order chi connectivity index (χ0) is 11.6. The highest BCUT2D eigenvalue weighted by Crippen LogP contribution is 2.18. The lowest BCUT2D eigenvalue weighted by Gasteiger charge is -2.05. The number of aliphatic hydroxyl groups is 1. The van der Waals surface area contributed by atoms with Crippen LogP contribution in [0.15, 0.2) is 29.2 Å². The molecule has 0 fully saturated rings. The van der Waals surface area contributed by atoms with E-state index in [9.17, 15) is 18.5 Å². The van der Waals surface area contributed by atoms with Gasteiger partial charge in [-0.2, -0.15) is 0 Å². The van der Waals surface area contributed by atoms with Gasteiger partial charge in [0, 0.05) is 12.1 Å². The smallest absolute Gasteiger partial charge is 0.269 e. The second kappa shape index (κ2) is 3.95. The van der Waals surface area contributed by atoms with Gasteiger partial charge in [0.25, 0.3) is 5.69 Å². The van der Waals surface area contributed by atoms with E-state index in [4.69, 9.17) is 5.11 Å². The van der Waals surface area contributed by atoms with Gasteiger partial charge in [0.15, 0.2) is 5.44 Å². The van der Waals surface area contributed by atoms with Crippen LogP contribution in [0.5, 0.6) is 0 Å². The fraction of sp³-hybridized carbons (Fsp3) is 0.250. The van der Waals surface area contributed by atoms with Crippen molar-refractivity contribution >= 4 is 15.5 Å². The topological polar surface area (TPSA) is 97.5 Å². The Morgan fingerprint density at radius 3 is 2.13 bits per heavy atom. The molecule has 0 saturated carbocycles. The molecule has 0 amide bonds. The van der Waals surface area contributed by atoms with Gasteiger partial charge in [0.1, 0.15) is 0 Å². The van der Waals surface area contributed by atoms with Crippen molar-refractivity contribution in [2.45, 2.75) is 17.3 Å². The number of nitro groups is 1. The third kappa shape index (κ3) is 2.31. The molecule has 1 rings (SSSR count). The van der Waals surface area contributed by atoms with Crippen LogP contribution in [-0.2, 0) is 9.84 Å². The molecule has 1 unspecified atom stereocenters. The van der Waals surface area contributed by atoms with Gasteiger partial charge >= 0.3 is 0 Å². The lowest BCUT2D eigenvalue weighted by Crippen LogP contribution is -2.16. The molecule has 82 valence electrons. The zero-order valence-corrected chi connectivity index (χ0v) is 8.64. The number of rotatable bonds is 3. The fourth-order valence-electron chi connectivity index (χ4n) is 0.954. The maximum absolute atomic E-state index is 11.4. The van der Waals surface area contributed by atoms with Crippen LogP contribution in [-0.4, -0.2) is 23.9 Å². The molecule has 0 heterocycles. The summed E-state index contributed by atoms with van der Waals surface area (Å²) >= 11 is 0. The molecule has 6 nitrogen and oxygen atoms in total. The van der Waals surface area contributed by atoms with Crippen molar-refractivity contribution in [2.24, 2.45) is 0 Å². The number of aliphatic hydroxyl groups excluding tert-OH is 1. The molecule has 0 aliphatic heterocycles. The van der Waals surface area contributed by atoms with Crippen molar-refractivity contribution in [3.8, 4) is 0 Å². The van der Waals surface area contributed by atoms with E-state index >= 15 is 0 Å². The van der Waals surface area contributed by atoms with Gasteiger partial charge in [-0.15, -0.1) is 0 Å². The quantitative estimate of drug-likeness (QED) is 0.610. The van der Waals surface area contributed by atoms with E-state index < -0.39 is 20.2 Å². The number of hydrogen-bond donors (Lipinski definition) is 1. The fourth-order valence-corrected chi connectivity index (χ4v) is 1.86. The van der Waals surface area contributed by atoms with Crippen LogP contribution in [0.1, 0.15) is 6.92 Å². The van der Waals surface area contributed by atoms with E-state index in [0.29, 0.717) is 0 Å². The van der Waals surface area contributed by atoms with Gasteiger partial charge in [-0.05, 0) is 19.1 Å². The van der Waals surface area contributed by atoms with Gasteiger partial charge in [0.05, 0.1) is 9.82 Å². The summed E-state index contributed by atoms with van der Waals surface area (Å²) in [5.74, 6) is 0. The van der Waals surface area contributed by atoms with E-state index in [0.717, 1.165) is 31.2 Å². The minimum Gasteiger partial charge on any atom is -0.377 e. The first-order chi connectivity index (χ1) is 6.85. The van der Waals surface area contributed by atoms with Crippen molar-refractivity contribution in [1.82, 2.24) is 0 Å². The largest absolute Gasteiger partial charge is 0.377 e. The van der Waals surface area contributed by atoms with Crippen molar-refractivity contribution in [3.63, 3.8) is 0 Å². The summed E-state index contributed by atoms with van der Waals surface area (Å²) in [4.78, 5) is 9.54. The molecule has 0 spiro atoms. The molecule has 15 heavy (non-hydrogen) atoms. The Morgan fingerprint density at radius 2 is 1.80 bits per heavy atom. The molecule has 0 aliphatic rings. The van der Waals surface area contributed by atoms with Gasteiger partial charge in [-0.25, -0.2) is 8.42 Å². The SMILES string of the molecule is CC(O)S(=O)(=O)c1ccc([N+](=O)[O-])cc1. The molecule has 7 heteroatoms. The van der Waals surface area contributed by atoms with Crippen molar-refractivity contribution in [3.05, 3.63) is 34.4 Å². The standard InChI is InChI=1S/C8H9NO5S/c1-6(10)15(13,14)8-4-2-7(3-5-8)9(11)12/h2-6,10H,1H3. The maximum atomic E-state index is 11.4. The Kier molecular flexibility index (Phi) is 3.06. The third-order valence-corrected chi connectivity index (χ3v) is 3.65. The molecular weight excluding hydrogens is 222 g/mol. The van der Waals surface area contributed by atoms with E-state index in [1.165, 1.54) is 0 Å². The molecule has 0 aliphatic carbocycles. The molecule has 1 aromatic carbocycles. The van der Waals surface area contributed by atoms with Crippen LogP contribution in [0.3, 0.4) is 0 Å². The minimum absolute atomic E-state index is 0.136. The summed E-state index contributed by atoms with van der Waals surface area (Å²) in [6, 6.07) is 4.35. The Labute approximate surface area is 86.2 Å². The molecule has 0 radical (unpaired) electrons. The predicted octanol–water partition coefficient (Wildman–Crippen LogP) is 0.707. The lowest BCUT2D eigenvalue weighted by molar-refractivity contribution is -0.384. The van der Waals surface area contributed by atoms with Crippen LogP contribution in [0.4, 0.5) is 5.69 Å². The van der Waals surface area contributed by atoms with E-state index in [1.807, 2.05) is 0 Å². The van der Waals surface area contributed by atoms with Gasteiger partial charge in [-0.3, -0.25) is 10.1 Å². The number of hydrogen-bond acceptors (Lipinski definition) is 5. The summed E-state index contributed by atoms with van der Waals surface area (Å²) in [6.45, 7) is 1.12. The number of nitro benzene ring substituents is 1. The monoisotopic (exact) mass is 231 g/mol. The van der Waals surface area contributed by atoms with Gasteiger partial charge < -0.3 is 5.11 Å². The molecule has 0 aromatic heterocycles. The maximum Gasteiger partial charge on any atom is 0.269 e. The van der Waals surface area contributed by atoms with Crippen LogP contribution >= 0.6 is 0 Å².